The number of unbranched alkanes of at least 4 members (excludes halogenated alkanes) is 26. The van der Waals surface area contributed by atoms with E-state index in [1.807, 2.05) is 0 Å². The van der Waals surface area contributed by atoms with Crippen LogP contribution in [0.1, 0.15) is 325 Å². The van der Waals surface area contributed by atoms with E-state index in [2.05, 4.69) is 55.4 Å². The summed E-state index contributed by atoms with van der Waals surface area (Å²) in [4.78, 5) is 72.4. The highest BCUT2D eigenvalue weighted by Gasteiger charge is 2.30. The van der Waals surface area contributed by atoms with Gasteiger partial charge >= 0.3 is 39.5 Å². The van der Waals surface area contributed by atoms with Gasteiger partial charge in [-0.2, -0.15) is 0 Å². The molecule has 0 aromatic heterocycles. The molecule has 0 bridgehead atoms. The molecule has 0 rings (SSSR count). The molecule has 0 aromatic rings. The van der Waals surface area contributed by atoms with Gasteiger partial charge in [0.2, 0.25) is 0 Å². The molecule has 0 aliphatic heterocycles. The highest BCUT2D eigenvalue weighted by atomic mass is 31.2. The molecule has 0 heterocycles. The van der Waals surface area contributed by atoms with Crippen molar-refractivity contribution in [1.29, 1.82) is 0 Å². The van der Waals surface area contributed by atoms with Crippen LogP contribution in [-0.2, 0) is 65.4 Å². The number of ether oxygens (including phenoxy) is 4. The highest BCUT2D eigenvalue weighted by Crippen LogP contribution is 2.45. The number of phosphoric acid groups is 2. The fraction of sp³-hybridized carbons (Fsp3) is 0.940. The second-order valence-electron chi connectivity index (χ2n) is 25.2. The number of carbonyl (C=O) groups excluding carboxylic acids is 4. The van der Waals surface area contributed by atoms with Gasteiger partial charge in [0.25, 0.3) is 0 Å². The van der Waals surface area contributed by atoms with E-state index in [-0.39, 0.29) is 25.7 Å². The van der Waals surface area contributed by atoms with Gasteiger partial charge in [-0.25, -0.2) is 9.13 Å². The molecule has 19 heteroatoms. The molecule has 0 aliphatic carbocycles. The normalized spacial score (nSPS) is 15.6. The molecular weight excluding hydrogens is 1140 g/mol. The molecule has 17 nitrogen and oxygen atoms in total. The average Bonchev–Trinajstić information content (AvgIpc) is 3.62. The Morgan fingerprint density at radius 1 is 0.314 bits per heavy atom. The van der Waals surface area contributed by atoms with Crippen molar-refractivity contribution in [2.45, 2.75) is 343 Å². The van der Waals surface area contributed by atoms with Crippen LogP contribution in [0.25, 0.3) is 0 Å². The Kier molecular flexibility index (Phi) is 55.7. The smallest absolute Gasteiger partial charge is 0.462 e. The average molecular weight is 1270 g/mol. The maximum absolute atomic E-state index is 13.0. The van der Waals surface area contributed by atoms with Gasteiger partial charge in [-0.3, -0.25) is 37.3 Å². The third-order valence-electron chi connectivity index (χ3n) is 16.8. The Labute approximate surface area is 524 Å². The van der Waals surface area contributed by atoms with Crippen molar-refractivity contribution in [2.75, 3.05) is 39.6 Å². The Balaban J connectivity index is 5.28. The lowest BCUT2D eigenvalue weighted by atomic mass is 9.99. The van der Waals surface area contributed by atoms with E-state index in [1.54, 1.807) is 0 Å². The number of hydrogen-bond donors (Lipinski definition) is 3. The summed E-state index contributed by atoms with van der Waals surface area (Å²) >= 11 is 0. The molecule has 86 heavy (non-hydrogen) atoms. The summed E-state index contributed by atoms with van der Waals surface area (Å²) in [5, 5.41) is 10.6. The number of phosphoric ester groups is 2. The first-order valence-electron chi connectivity index (χ1n) is 34.9. The van der Waals surface area contributed by atoms with Gasteiger partial charge < -0.3 is 33.8 Å². The molecule has 0 radical (unpaired) electrons. The molecule has 0 aromatic carbocycles. The van der Waals surface area contributed by atoms with E-state index in [0.717, 1.165) is 126 Å². The fourth-order valence-corrected chi connectivity index (χ4v) is 11.4. The van der Waals surface area contributed by atoms with Crippen molar-refractivity contribution in [2.24, 2.45) is 23.7 Å². The lowest BCUT2D eigenvalue weighted by Crippen LogP contribution is -2.30. The van der Waals surface area contributed by atoms with Gasteiger partial charge in [-0.05, 0) is 49.4 Å². The van der Waals surface area contributed by atoms with Crippen LogP contribution in [0.5, 0.6) is 0 Å². The summed E-state index contributed by atoms with van der Waals surface area (Å²) in [6.45, 7) is 14.1. The number of aliphatic hydroxyl groups excluding tert-OH is 1. The Hall–Kier alpha value is -1.94. The van der Waals surface area contributed by atoms with E-state index in [1.165, 1.54) is 116 Å². The van der Waals surface area contributed by atoms with Crippen molar-refractivity contribution < 1.29 is 80.2 Å². The molecule has 0 aliphatic rings. The summed E-state index contributed by atoms with van der Waals surface area (Å²) in [5.74, 6) is 0.897. The lowest BCUT2D eigenvalue weighted by molar-refractivity contribution is -0.161. The molecule has 3 N–H and O–H groups in total. The monoisotopic (exact) mass is 1270 g/mol. The quantitative estimate of drug-likeness (QED) is 0.0222. The van der Waals surface area contributed by atoms with E-state index in [9.17, 15) is 43.2 Å². The van der Waals surface area contributed by atoms with Crippen LogP contribution in [0.3, 0.4) is 0 Å². The molecule has 510 valence electrons. The predicted octanol–water partition coefficient (Wildman–Crippen LogP) is 18.5. The summed E-state index contributed by atoms with van der Waals surface area (Å²) in [6, 6.07) is 0. The largest absolute Gasteiger partial charge is 0.472 e. The van der Waals surface area contributed by atoms with E-state index >= 15 is 0 Å². The summed E-state index contributed by atoms with van der Waals surface area (Å²) < 4.78 is 68.1. The fourth-order valence-electron chi connectivity index (χ4n) is 9.83. The summed E-state index contributed by atoms with van der Waals surface area (Å²) in [7, 11) is -9.90. The molecule has 0 spiro atoms. The first-order valence-corrected chi connectivity index (χ1v) is 37.8. The van der Waals surface area contributed by atoms with Gasteiger partial charge in [0.15, 0.2) is 12.2 Å². The summed E-state index contributed by atoms with van der Waals surface area (Å²) in [5.41, 5.74) is 0. The van der Waals surface area contributed by atoms with E-state index in [0.29, 0.717) is 25.7 Å². The van der Waals surface area contributed by atoms with E-state index in [4.69, 9.17) is 37.0 Å². The Morgan fingerprint density at radius 3 is 0.767 bits per heavy atom. The predicted molar refractivity (Wildman–Crippen MR) is 344 cm³/mol. The van der Waals surface area contributed by atoms with Crippen LogP contribution < -0.4 is 0 Å². The minimum absolute atomic E-state index is 0.103. The van der Waals surface area contributed by atoms with Gasteiger partial charge in [-0.1, -0.05) is 274 Å². The lowest BCUT2D eigenvalue weighted by Gasteiger charge is -2.21. The van der Waals surface area contributed by atoms with Gasteiger partial charge in [0.05, 0.1) is 26.4 Å². The molecule has 0 amide bonds. The van der Waals surface area contributed by atoms with Crippen molar-refractivity contribution >= 4 is 39.5 Å². The van der Waals surface area contributed by atoms with Gasteiger partial charge in [0.1, 0.15) is 19.3 Å². The number of carbonyl (C=O) groups is 4. The van der Waals surface area contributed by atoms with Crippen LogP contribution in [0.4, 0.5) is 0 Å². The molecule has 9 atom stereocenters. The van der Waals surface area contributed by atoms with E-state index < -0.39 is 97.5 Å². The third kappa shape index (κ3) is 56.1. The Morgan fingerprint density at radius 2 is 0.523 bits per heavy atom. The number of esters is 4. The molecule has 6 unspecified atom stereocenters. The van der Waals surface area contributed by atoms with Crippen LogP contribution >= 0.6 is 15.6 Å². The zero-order chi connectivity index (χ0) is 63.9. The number of aliphatic hydroxyl groups is 1. The standard InChI is InChI=1S/C67H130O17P2/c1-9-57(5)43-35-27-19-15-13-14-16-21-33-41-49-66(71)83-62(53-77-64(69)47-39-31-25-23-29-37-45-59(7)11-3)55-81-85(73,74)79-51-61(68)52-80-86(75,76)82-56-63(54-78-65(70)48-40-32-26-24-30-38-46-60(8)12-4)84-67(72)50-42-34-22-18-17-20-28-36-44-58(6)10-2/h57-63,68H,9-56H2,1-8H3,(H,73,74)(H,75,76)/t57?,58?,59?,60?,61-,62-,63-/m1/s1. The zero-order valence-electron chi connectivity index (χ0n) is 55.9. The number of rotatable bonds is 64. The minimum atomic E-state index is -4.95. The Bertz CT molecular complexity index is 1720. The molecular formula is C67H130O17P2. The van der Waals surface area contributed by atoms with Crippen molar-refractivity contribution in [1.82, 2.24) is 0 Å². The minimum Gasteiger partial charge on any atom is -0.462 e. The second kappa shape index (κ2) is 57.0. The maximum atomic E-state index is 13.0. The molecule has 0 saturated heterocycles. The SMILES string of the molecule is CCC(C)CCCCCCCCCCCCC(=O)O[C@H](COC(=O)CCCCCCCCC(C)CC)COP(=O)(O)OC[C@@H](O)COP(=O)(O)OC[C@@H](COC(=O)CCCCCCCCC(C)CC)OC(=O)CCCCCCCCCCC(C)CC. The van der Waals surface area contributed by atoms with Crippen molar-refractivity contribution in [3.8, 4) is 0 Å². The number of hydrogen-bond acceptors (Lipinski definition) is 15. The second-order valence-corrected chi connectivity index (χ2v) is 28.1. The van der Waals surface area contributed by atoms with Gasteiger partial charge in [0, 0.05) is 25.7 Å². The van der Waals surface area contributed by atoms with Crippen molar-refractivity contribution in [3.05, 3.63) is 0 Å². The maximum Gasteiger partial charge on any atom is 0.472 e. The molecule has 0 fully saturated rings. The summed E-state index contributed by atoms with van der Waals surface area (Å²) in [6.07, 6.45) is 37.5. The first kappa shape index (κ1) is 84.1. The van der Waals surface area contributed by atoms with Crippen LogP contribution in [0, 0.1) is 23.7 Å². The van der Waals surface area contributed by atoms with Gasteiger partial charge in [-0.15, -0.1) is 0 Å². The van der Waals surface area contributed by atoms with Crippen LogP contribution in [0.2, 0.25) is 0 Å². The molecule has 0 saturated carbocycles. The highest BCUT2D eigenvalue weighted by molar-refractivity contribution is 7.47. The first-order chi connectivity index (χ1) is 41.2. The third-order valence-corrected chi connectivity index (χ3v) is 18.7. The van der Waals surface area contributed by atoms with Crippen molar-refractivity contribution in [3.63, 3.8) is 0 Å². The zero-order valence-corrected chi connectivity index (χ0v) is 57.7. The van der Waals surface area contributed by atoms with Crippen LogP contribution in [0.15, 0.2) is 0 Å². The topological polar surface area (TPSA) is 237 Å². The van der Waals surface area contributed by atoms with Crippen LogP contribution in [-0.4, -0.2) is 96.7 Å².